The Morgan fingerprint density at radius 2 is 2.28 bits per heavy atom. The van der Waals surface area contributed by atoms with Crippen LogP contribution in [0.3, 0.4) is 0 Å². The van der Waals surface area contributed by atoms with Crippen molar-refractivity contribution >= 4 is 16.8 Å². The second-order valence-electron chi connectivity index (χ2n) is 6.92. The van der Waals surface area contributed by atoms with Crippen LogP contribution in [0.25, 0.3) is 10.9 Å². The molecule has 1 saturated heterocycles. The summed E-state index contributed by atoms with van der Waals surface area (Å²) in [4.78, 5) is 18.6. The number of methoxy groups -OCH3 is 1. The van der Waals surface area contributed by atoms with E-state index in [0.717, 1.165) is 31.7 Å². The second-order valence-corrected chi connectivity index (χ2v) is 6.92. The average molecular weight is 341 g/mol. The standard InChI is InChI=1S/C20H27N3O2/c1-15-7-8-17(18-6-3-9-21-20(15)18)13-23-10-4-5-16(12-23)11-22-19(24)14-25-2/h3,6-9,16H,4-5,10-14H2,1-2H3,(H,22,24). The number of hydrogen-bond acceptors (Lipinski definition) is 4. The minimum Gasteiger partial charge on any atom is -0.375 e. The number of aromatic nitrogens is 1. The molecule has 1 aliphatic rings. The SMILES string of the molecule is COCC(=O)NCC1CCCN(Cc2ccc(C)c3ncccc23)C1. The molecule has 1 amide bonds. The summed E-state index contributed by atoms with van der Waals surface area (Å²) in [6, 6.07) is 8.56. The molecule has 1 fully saturated rings. The lowest BCUT2D eigenvalue weighted by molar-refractivity contribution is -0.125. The summed E-state index contributed by atoms with van der Waals surface area (Å²) < 4.78 is 4.87. The Kier molecular flexibility index (Phi) is 6.00. The molecule has 0 aliphatic carbocycles. The van der Waals surface area contributed by atoms with E-state index in [9.17, 15) is 4.79 Å². The number of ether oxygens (including phenoxy) is 1. The van der Waals surface area contributed by atoms with Crippen LogP contribution < -0.4 is 5.32 Å². The van der Waals surface area contributed by atoms with E-state index in [1.807, 2.05) is 12.3 Å². The highest BCUT2D eigenvalue weighted by atomic mass is 16.5. The number of benzene rings is 1. The maximum atomic E-state index is 11.6. The molecule has 5 heteroatoms. The van der Waals surface area contributed by atoms with Gasteiger partial charge in [0, 0.05) is 38.3 Å². The van der Waals surface area contributed by atoms with Crippen molar-refractivity contribution in [2.45, 2.75) is 26.3 Å². The predicted molar refractivity (Wildman–Crippen MR) is 99.4 cm³/mol. The summed E-state index contributed by atoms with van der Waals surface area (Å²) in [5.74, 6) is 0.472. The van der Waals surface area contributed by atoms with Crippen LogP contribution in [0.5, 0.6) is 0 Å². The van der Waals surface area contributed by atoms with Crippen LogP contribution in [-0.4, -0.2) is 49.1 Å². The Balaban J connectivity index is 1.63. The monoisotopic (exact) mass is 341 g/mol. The zero-order valence-electron chi connectivity index (χ0n) is 15.1. The van der Waals surface area contributed by atoms with Gasteiger partial charge in [0.2, 0.25) is 5.91 Å². The van der Waals surface area contributed by atoms with Gasteiger partial charge in [-0.2, -0.15) is 0 Å². The normalized spacial score (nSPS) is 18.4. The van der Waals surface area contributed by atoms with Crippen molar-refractivity contribution in [2.75, 3.05) is 33.4 Å². The van der Waals surface area contributed by atoms with Gasteiger partial charge in [-0.25, -0.2) is 0 Å². The fraction of sp³-hybridized carbons (Fsp3) is 0.500. The highest BCUT2D eigenvalue weighted by molar-refractivity contribution is 5.84. The summed E-state index contributed by atoms with van der Waals surface area (Å²) in [6.45, 7) is 6.04. The number of fused-ring (bicyclic) bond motifs is 1. The molecule has 1 aromatic carbocycles. The van der Waals surface area contributed by atoms with Gasteiger partial charge in [0.25, 0.3) is 0 Å². The fourth-order valence-corrected chi connectivity index (χ4v) is 3.65. The molecule has 0 saturated carbocycles. The van der Waals surface area contributed by atoms with Gasteiger partial charge in [-0.05, 0) is 49.4 Å². The van der Waals surface area contributed by atoms with E-state index in [1.54, 1.807) is 7.11 Å². The van der Waals surface area contributed by atoms with E-state index in [0.29, 0.717) is 5.92 Å². The Bertz CT molecular complexity index is 732. The van der Waals surface area contributed by atoms with E-state index in [4.69, 9.17) is 4.74 Å². The van der Waals surface area contributed by atoms with Crippen LogP contribution in [0.15, 0.2) is 30.5 Å². The van der Waals surface area contributed by atoms with Crippen molar-refractivity contribution in [2.24, 2.45) is 5.92 Å². The predicted octanol–water partition coefficient (Wildman–Crippen LogP) is 2.52. The quantitative estimate of drug-likeness (QED) is 0.877. The molecule has 1 unspecified atom stereocenters. The van der Waals surface area contributed by atoms with Gasteiger partial charge in [0.05, 0.1) is 5.52 Å². The topological polar surface area (TPSA) is 54.5 Å². The third-order valence-electron chi connectivity index (χ3n) is 4.92. The highest BCUT2D eigenvalue weighted by Gasteiger charge is 2.21. The lowest BCUT2D eigenvalue weighted by Crippen LogP contribution is -2.41. The molecule has 1 N–H and O–H groups in total. The van der Waals surface area contributed by atoms with Gasteiger partial charge in [0.15, 0.2) is 0 Å². The largest absolute Gasteiger partial charge is 0.375 e. The number of amides is 1. The highest BCUT2D eigenvalue weighted by Crippen LogP contribution is 2.24. The minimum atomic E-state index is -0.0322. The van der Waals surface area contributed by atoms with Crippen molar-refractivity contribution in [1.29, 1.82) is 0 Å². The molecule has 25 heavy (non-hydrogen) atoms. The lowest BCUT2D eigenvalue weighted by atomic mass is 9.96. The molecular weight excluding hydrogens is 314 g/mol. The first kappa shape index (κ1) is 17.8. The molecule has 5 nitrogen and oxygen atoms in total. The molecule has 2 heterocycles. The average Bonchev–Trinajstić information content (AvgIpc) is 2.63. The van der Waals surface area contributed by atoms with Crippen LogP contribution in [0.1, 0.15) is 24.0 Å². The van der Waals surface area contributed by atoms with Crippen molar-refractivity contribution in [3.63, 3.8) is 0 Å². The number of carbonyl (C=O) groups is 1. The Hall–Kier alpha value is -1.98. The van der Waals surface area contributed by atoms with E-state index >= 15 is 0 Å². The van der Waals surface area contributed by atoms with Crippen molar-refractivity contribution < 1.29 is 9.53 Å². The van der Waals surface area contributed by atoms with Crippen LogP contribution in [0, 0.1) is 12.8 Å². The molecule has 0 radical (unpaired) electrons. The Labute approximate surface area is 149 Å². The summed E-state index contributed by atoms with van der Waals surface area (Å²) in [6.07, 6.45) is 4.20. The van der Waals surface area contributed by atoms with Gasteiger partial charge >= 0.3 is 0 Å². The number of pyridine rings is 1. The molecule has 0 bridgehead atoms. The van der Waals surface area contributed by atoms with Gasteiger partial charge in [-0.15, -0.1) is 0 Å². The molecular formula is C20H27N3O2. The second kappa shape index (κ2) is 8.41. The first-order valence-electron chi connectivity index (χ1n) is 8.98. The number of aryl methyl sites for hydroxylation is 1. The van der Waals surface area contributed by atoms with E-state index in [-0.39, 0.29) is 12.5 Å². The Morgan fingerprint density at radius 1 is 1.40 bits per heavy atom. The zero-order valence-corrected chi connectivity index (χ0v) is 15.1. The van der Waals surface area contributed by atoms with Gasteiger partial charge in [-0.1, -0.05) is 18.2 Å². The van der Waals surface area contributed by atoms with E-state index < -0.39 is 0 Å². The molecule has 1 atom stereocenters. The summed E-state index contributed by atoms with van der Waals surface area (Å²) in [5, 5.41) is 4.22. The number of hydrogen-bond donors (Lipinski definition) is 1. The lowest BCUT2D eigenvalue weighted by Gasteiger charge is -2.33. The number of nitrogens with one attached hydrogen (secondary N) is 1. The van der Waals surface area contributed by atoms with Crippen molar-refractivity contribution in [3.05, 3.63) is 41.6 Å². The molecule has 3 rings (SSSR count). The summed E-state index contributed by atoms with van der Waals surface area (Å²) >= 11 is 0. The molecule has 1 aliphatic heterocycles. The molecule has 2 aromatic rings. The van der Waals surface area contributed by atoms with Crippen LogP contribution in [-0.2, 0) is 16.1 Å². The van der Waals surface area contributed by atoms with Gasteiger partial charge in [-0.3, -0.25) is 14.7 Å². The maximum absolute atomic E-state index is 11.6. The van der Waals surface area contributed by atoms with Gasteiger partial charge < -0.3 is 10.1 Å². The molecule has 0 spiro atoms. The smallest absolute Gasteiger partial charge is 0.245 e. The van der Waals surface area contributed by atoms with E-state index in [1.165, 1.54) is 29.4 Å². The summed E-state index contributed by atoms with van der Waals surface area (Å²) in [5.41, 5.74) is 3.65. The number of likely N-dealkylation sites (tertiary alicyclic amines) is 1. The maximum Gasteiger partial charge on any atom is 0.245 e. The van der Waals surface area contributed by atoms with Crippen molar-refractivity contribution in [3.8, 4) is 0 Å². The van der Waals surface area contributed by atoms with E-state index in [2.05, 4.69) is 40.3 Å². The third kappa shape index (κ3) is 4.55. The molecule has 134 valence electrons. The number of piperidine rings is 1. The molecule has 1 aromatic heterocycles. The third-order valence-corrected chi connectivity index (χ3v) is 4.92. The fourth-order valence-electron chi connectivity index (χ4n) is 3.65. The van der Waals surface area contributed by atoms with Crippen molar-refractivity contribution in [1.82, 2.24) is 15.2 Å². The summed E-state index contributed by atoms with van der Waals surface area (Å²) in [7, 11) is 1.54. The van der Waals surface area contributed by atoms with Gasteiger partial charge in [0.1, 0.15) is 6.61 Å². The van der Waals surface area contributed by atoms with Crippen LogP contribution >= 0.6 is 0 Å². The van der Waals surface area contributed by atoms with Crippen LogP contribution in [0.2, 0.25) is 0 Å². The first-order valence-corrected chi connectivity index (χ1v) is 8.98. The van der Waals surface area contributed by atoms with Crippen LogP contribution in [0.4, 0.5) is 0 Å². The number of carbonyl (C=O) groups excluding carboxylic acids is 1. The Morgan fingerprint density at radius 3 is 3.12 bits per heavy atom. The zero-order chi connectivity index (χ0) is 17.6. The number of rotatable bonds is 6. The first-order chi connectivity index (χ1) is 12.2. The number of nitrogens with zero attached hydrogens (tertiary/aromatic N) is 2. The minimum absolute atomic E-state index is 0.0322.